The monoisotopic (exact) mass is 783 g/mol. The number of carbonyl (C=O) groups is 3. The zero-order valence-electron chi connectivity index (χ0n) is 31.1. The first-order valence-electron chi connectivity index (χ1n) is 18.7. The van der Waals surface area contributed by atoms with Crippen LogP contribution < -0.4 is 10.6 Å². The van der Waals surface area contributed by atoms with E-state index in [9.17, 15) is 14.4 Å². The standard InChI is InChI=1S/C42H38ClN9O3S/c1-23-35(56-42-37(23)38(28-8-10-29(43)11-9-28)46-24(2)39-49-48-25(3)52(39)42)15-13-30-12-7-26(17-44-30)19-50-20-27(21-50)18-45-33-6-4-5-31-32(33)22-51(41(31)55)34-14-16-36(53)47-40(34)54/h4-12,17,24,27,34,45H,14,16,18-22H2,1-3H3,(H,47,53,54)/t24-,34?/m0/s1. The SMILES string of the molecule is Cc1c(C#Cc2ccc(CN3CC(CNc4cccc5c4CN(C4CCC(=O)NC4=O)C5=O)C3)cn2)sc2c1C(c1ccc(Cl)cc1)=N[C@@H](C)c1nnc(C)n1-2. The Balaban J connectivity index is 0.832. The number of anilines is 1. The van der Waals surface area contributed by atoms with Crippen molar-refractivity contribution in [3.8, 4) is 16.8 Å². The number of likely N-dealkylation sites (tertiary alicyclic amines) is 1. The molecule has 2 atom stereocenters. The van der Waals surface area contributed by atoms with Crippen molar-refractivity contribution in [2.24, 2.45) is 10.9 Å². The van der Waals surface area contributed by atoms with Gasteiger partial charge in [0.15, 0.2) is 5.82 Å². The Morgan fingerprint density at radius 2 is 1.84 bits per heavy atom. The van der Waals surface area contributed by atoms with Crippen LogP contribution in [0.4, 0.5) is 5.69 Å². The fraction of sp³-hybridized carbons (Fsp3) is 0.310. The number of hydrogen-bond donors (Lipinski definition) is 2. The van der Waals surface area contributed by atoms with Crippen LogP contribution in [0.3, 0.4) is 0 Å². The van der Waals surface area contributed by atoms with E-state index in [-0.39, 0.29) is 24.3 Å². The van der Waals surface area contributed by atoms with Crippen LogP contribution in [0.25, 0.3) is 5.00 Å². The summed E-state index contributed by atoms with van der Waals surface area (Å²) in [5.41, 5.74) is 8.22. The molecule has 3 aromatic heterocycles. The van der Waals surface area contributed by atoms with E-state index in [0.717, 1.165) is 86.9 Å². The predicted octanol–water partition coefficient (Wildman–Crippen LogP) is 5.61. The molecule has 282 valence electrons. The van der Waals surface area contributed by atoms with Crippen LogP contribution in [0.1, 0.15) is 86.2 Å². The van der Waals surface area contributed by atoms with E-state index in [1.54, 1.807) is 16.2 Å². The zero-order valence-corrected chi connectivity index (χ0v) is 32.7. The lowest BCUT2D eigenvalue weighted by Crippen LogP contribution is -2.52. The predicted molar refractivity (Wildman–Crippen MR) is 214 cm³/mol. The van der Waals surface area contributed by atoms with Crippen molar-refractivity contribution in [3.63, 3.8) is 0 Å². The Bertz CT molecular complexity index is 2510. The Morgan fingerprint density at radius 3 is 2.61 bits per heavy atom. The van der Waals surface area contributed by atoms with E-state index >= 15 is 0 Å². The van der Waals surface area contributed by atoms with Crippen molar-refractivity contribution in [2.75, 3.05) is 25.0 Å². The molecule has 4 aliphatic rings. The average molecular weight is 784 g/mol. The van der Waals surface area contributed by atoms with E-state index < -0.39 is 11.9 Å². The highest BCUT2D eigenvalue weighted by atomic mass is 35.5. The van der Waals surface area contributed by atoms with Gasteiger partial charge >= 0.3 is 0 Å². The Morgan fingerprint density at radius 1 is 1.02 bits per heavy atom. The number of halogens is 1. The van der Waals surface area contributed by atoms with Crippen LogP contribution in [-0.2, 0) is 22.7 Å². The molecule has 1 unspecified atom stereocenters. The summed E-state index contributed by atoms with van der Waals surface area (Å²) in [6, 6.07) is 16.7. The molecule has 0 spiro atoms. The molecule has 5 aromatic rings. The number of aliphatic imine (C=N–C) groups is 1. The number of piperidine rings is 1. The van der Waals surface area contributed by atoms with E-state index in [1.165, 1.54) is 0 Å². The number of nitrogens with one attached hydrogen (secondary N) is 2. The topological polar surface area (TPSA) is 138 Å². The second kappa shape index (κ2) is 14.4. The third-order valence-corrected chi connectivity index (χ3v) is 12.4. The maximum Gasteiger partial charge on any atom is 0.255 e. The molecule has 2 N–H and O–H groups in total. The normalized spacial score (nSPS) is 19.2. The van der Waals surface area contributed by atoms with Gasteiger partial charge in [-0.15, -0.1) is 21.5 Å². The summed E-state index contributed by atoms with van der Waals surface area (Å²) < 4.78 is 2.10. The molecule has 0 radical (unpaired) electrons. The van der Waals surface area contributed by atoms with E-state index in [0.29, 0.717) is 35.2 Å². The van der Waals surface area contributed by atoms with Gasteiger partial charge in [0.1, 0.15) is 28.6 Å². The number of hydrogen-bond acceptors (Lipinski definition) is 10. The Kier molecular flexibility index (Phi) is 9.28. The highest BCUT2D eigenvalue weighted by Crippen LogP contribution is 2.39. The third kappa shape index (κ3) is 6.57. The number of pyridine rings is 1. The summed E-state index contributed by atoms with van der Waals surface area (Å²) in [5.74, 6) is 7.92. The van der Waals surface area contributed by atoms with Crippen molar-refractivity contribution in [2.45, 2.75) is 58.8 Å². The van der Waals surface area contributed by atoms with Gasteiger partial charge in [0, 0.05) is 84.2 Å². The van der Waals surface area contributed by atoms with Gasteiger partial charge in [-0.25, -0.2) is 4.98 Å². The number of amides is 3. The molecule has 0 bridgehead atoms. The lowest BCUT2D eigenvalue weighted by Gasteiger charge is -2.39. The summed E-state index contributed by atoms with van der Waals surface area (Å²) in [4.78, 5) is 52.1. The number of imide groups is 1. The fourth-order valence-electron chi connectivity index (χ4n) is 8.01. The molecule has 0 aliphatic carbocycles. The molecule has 0 saturated carbocycles. The summed E-state index contributed by atoms with van der Waals surface area (Å²) >= 11 is 7.85. The van der Waals surface area contributed by atoms with E-state index in [4.69, 9.17) is 21.6 Å². The largest absolute Gasteiger partial charge is 0.384 e. The first-order chi connectivity index (χ1) is 27.1. The van der Waals surface area contributed by atoms with Crippen LogP contribution in [0, 0.1) is 31.6 Å². The van der Waals surface area contributed by atoms with Crippen LogP contribution in [0.2, 0.25) is 5.02 Å². The second-order valence-electron chi connectivity index (χ2n) is 14.8. The quantitative estimate of drug-likeness (QED) is 0.161. The third-order valence-electron chi connectivity index (χ3n) is 11.0. The van der Waals surface area contributed by atoms with Crippen molar-refractivity contribution >= 4 is 52.1 Å². The molecular formula is C42H38ClN9O3S. The molecule has 56 heavy (non-hydrogen) atoms. The number of thiophene rings is 1. The van der Waals surface area contributed by atoms with Gasteiger partial charge in [-0.1, -0.05) is 35.9 Å². The van der Waals surface area contributed by atoms with Gasteiger partial charge in [-0.05, 0) is 80.5 Å². The first kappa shape index (κ1) is 36.0. The number of carbonyl (C=O) groups excluding carboxylic acids is 3. The smallest absolute Gasteiger partial charge is 0.255 e. The highest BCUT2D eigenvalue weighted by Gasteiger charge is 2.40. The Labute approximate surface area is 333 Å². The Hall–Kier alpha value is -5.68. The molecule has 3 amide bonds. The summed E-state index contributed by atoms with van der Waals surface area (Å²) in [6.07, 6.45) is 2.49. The first-order valence-corrected chi connectivity index (χ1v) is 19.9. The maximum absolute atomic E-state index is 13.2. The molecular weight excluding hydrogens is 746 g/mol. The summed E-state index contributed by atoms with van der Waals surface area (Å²) in [7, 11) is 0. The second-order valence-corrected chi connectivity index (χ2v) is 16.2. The van der Waals surface area contributed by atoms with Crippen LogP contribution >= 0.6 is 22.9 Å². The lowest BCUT2D eigenvalue weighted by molar-refractivity contribution is -0.136. The molecule has 9 rings (SSSR count). The van der Waals surface area contributed by atoms with E-state index in [2.05, 4.69) is 55.1 Å². The van der Waals surface area contributed by atoms with Crippen LogP contribution in [-0.4, -0.2) is 78.7 Å². The number of aromatic nitrogens is 4. The average Bonchev–Trinajstić information content (AvgIpc) is 3.80. The summed E-state index contributed by atoms with van der Waals surface area (Å²) in [6.45, 7) is 9.92. The molecule has 7 heterocycles. The van der Waals surface area contributed by atoms with Crippen molar-refractivity contribution in [1.82, 2.24) is 34.9 Å². The van der Waals surface area contributed by atoms with Crippen molar-refractivity contribution in [1.29, 1.82) is 0 Å². The van der Waals surface area contributed by atoms with Gasteiger partial charge in [-0.2, -0.15) is 0 Å². The van der Waals surface area contributed by atoms with Crippen LogP contribution in [0.15, 0.2) is 65.8 Å². The molecule has 12 nitrogen and oxygen atoms in total. The maximum atomic E-state index is 13.2. The van der Waals surface area contributed by atoms with E-state index in [1.807, 2.05) is 68.6 Å². The van der Waals surface area contributed by atoms with Gasteiger partial charge < -0.3 is 10.2 Å². The molecule has 2 saturated heterocycles. The molecule has 2 aromatic carbocycles. The highest BCUT2D eigenvalue weighted by molar-refractivity contribution is 7.15. The van der Waals surface area contributed by atoms with Crippen molar-refractivity contribution in [3.05, 3.63) is 121 Å². The minimum absolute atomic E-state index is 0.163. The zero-order chi connectivity index (χ0) is 38.7. The summed E-state index contributed by atoms with van der Waals surface area (Å²) in [5, 5.41) is 16.5. The molecule has 14 heteroatoms. The number of rotatable bonds is 7. The van der Waals surface area contributed by atoms with Gasteiger partial charge in [0.25, 0.3) is 5.91 Å². The number of benzene rings is 2. The van der Waals surface area contributed by atoms with Gasteiger partial charge in [0.05, 0.1) is 10.6 Å². The molecule has 4 aliphatic heterocycles. The number of fused-ring (bicyclic) bond motifs is 4. The minimum Gasteiger partial charge on any atom is -0.384 e. The fourth-order valence-corrected chi connectivity index (χ4v) is 9.35. The molecule has 2 fully saturated rings. The minimum atomic E-state index is -0.625. The number of nitrogens with zero attached hydrogens (tertiary/aromatic N) is 7. The number of aryl methyl sites for hydroxylation is 1. The van der Waals surface area contributed by atoms with Crippen LogP contribution in [0.5, 0.6) is 0 Å². The van der Waals surface area contributed by atoms with Crippen molar-refractivity contribution < 1.29 is 14.4 Å². The lowest BCUT2D eigenvalue weighted by atomic mass is 9.98. The van der Waals surface area contributed by atoms with Gasteiger partial charge in [-0.3, -0.25) is 34.2 Å². The van der Waals surface area contributed by atoms with Gasteiger partial charge in [0.2, 0.25) is 11.8 Å².